The molecule has 3 N–H and O–H groups in total. The molecule has 0 saturated heterocycles. The van der Waals surface area contributed by atoms with E-state index in [2.05, 4.69) is 10.3 Å². The summed E-state index contributed by atoms with van der Waals surface area (Å²) in [4.78, 5) is 4.15. The van der Waals surface area contributed by atoms with Gasteiger partial charge in [0, 0.05) is 32.9 Å². The molecule has 0 saturated carbocycles. The Morgan fingerprint density at radius 3 is 3.09 bits per heavy atom. The minimum atomic E-state index is 0.673. The highest BCUT2D eigenvalue weighted by atomic mass is 15.0. The van der Waals surface area contributed by atoms with Crippen molar-refractivity contribution in [3.63, 3.8) is 0 Å². The highest BCUT2D eigenvalue weighted by Gasteiger charge is 1.93. The number of nitrogens with zero attached hydrogens (tertiary/aromatic N) is 2. The van der Waals surface area contributed by atoms with E-state index >= 15 is 0 Å². The maximum absolute atomic E-state index is 5.31. The lowest BCUT2D eigenvalue weighted by Crippen LogP contribution is -2.21. The van der Waals surface area contributed by atoms with Crippen LogP contribution in [0.25, 0.3) is 0 Å². The van der Waals surface area contributed by atoms with Gasteiger partial charge < -0.3 is 15.6 Å². The summed E-state index contributed by atoms with van der Waals surface area (Å²) in [5.41, 5.74) is 6.37. The Kier molecular flexibility index (Phi) is 3.07. The standard InChI is InChI=1S/C7H14N4/c1-11-5-7(10-6-11)4-9-3-2-8/h5-6,9H,2-4,8H2,1H3. The van der Waals surface area contributed by atoms with Crippen LogP contribution in [-0.2, 0) is 13.6 Å². The number of nitrogens with two attached hydrogens (primary N) is 1. The summed E-state index contributed by atoms with van der Waals surface area (Å²) < 4.78 is 1.93. The zero-order valence-electron chi connectivity index (χ0n) is 6.75. The van der Waals surface area contributed by atoms with E-state index in [0.29, 0.717) is 6.54 Å². The van der Waals surface area contributed by atoms with Gasteiger partial charge in [-0.3, -0.25) is 0 Å². The second-order valence-electron chi connectivity index (χ2n) is 2.50. The van der Waals surface area contributed by atoms with Crippen LogP contribution in [0.15, 0.2) is 12.5 Å². The largest absolute Gasteiger partial charge is 0.340 e. The topological polar surface area (TPSA) is 55.9 Å². The van der Waals surface area contributed by atoms with Gasteiger partial charge in [0.15, 0.2) is 0 Å². The number of imidazole rings is 1. The van der Waals surface area contributed by atoms with Gasteiger partial charge in [0.2, 0.25) is 0 Å². The molecule has 1 aromatic heterocycles. The third kappa shape index (κ3) is 2.69. The molecule has 11 heavy (non-hydrogen) atoms. The predicted octanol–water partition coefficient (Wildman–Crippen LogP) is -0.532. The van der Waals surface area contributed by atoms with E-state index < -0.39 is 0 Å². The Balaban J connectivity index is 2.27. The summed E-state index contributed by atoms with van der Waals surface area (Å²) in [5, 5.41) is 3.16. The molecule has 0 aliphatic rings. The molecule has 0 spiro atoms. The third-order valence-electron chi connectivity index (χ3n) is 1.39. The third-order valence-corrected chi connectivity index (χ3v) is 1.39. The van der Waals surface area contributed by atoms with Crippen molar-refractivity contribution >= 4 is 0 Å². The molecule has 4 nitrogen and oxygen atoms in total. The molecule has 0 unspecified atom stereocenters. The van der Waals surface area contributed by atoms with Crippen LogP contribution in [0.4, 0.5) is 0 Å². The zero-order chi connectivity index (χ0) is 8.10. The van der Waals surface area contributed by atoms with Crippen molar-refractivity contribution in [3.05, 3.63) is 18.2 Å². The van der Waals surface area contributed by atoms with E-state index in [1.807, 2.05) is 17.8 Å². The molecule has 0 aliphatic carbocycles. The van der Waals surface area contributed by atoms with Gasteiger partial charge in [0.05, 0.1) is 12.0 Å². The summed E-state index contributed by atoms with van der Waals surface area (Å²) in [5.74, 6) is 0. The van der Waals surface area contributed by atoms with Crippen molar-refractivity contribution in [2.75, 3.05) is 13.1 Å². The lowest BCUT2D eigenvalue weighted by molar-refractivity contribution is 0.684. The number of nitrogens with one attached hydrogen (secondary N) is 1. The first-order chi connectivity index (χ1) is 5.33. The summed E-state index contributed by atoms with van der Waals surface area (Å²) in [6.45, 7) is 2.32. The van der Waals surface area contributed by atoms with Gasteiger partial charge in [-0.05, 0) is 0 Å². The molecule has 1 aromatic rings. The molecule has 0 fully saturated rings. The van der Waals surface area contributed by atoms with Crippen molar-refractivity contribution in [1.29, 1.82) is 0 Å². The van der Waals surface area contributed by atoms with E-state index in [1.54, 1.807) is 6.33 Å². The maximum Gasteiger partial charge on any atom is 0.0947 e. The Bertz CT molecular complexity index is 206. The van der Waals surface area contributed by atoms with Crippen LogP contribution in [0.5, 0.6) is 0 Å². The number of aromatic nitrogens is 2. The van der Waals surface area contributed by atoms with Crippen molar-refractivity contribution in [2.24, 2.45) is 12.8 Å². The zero-order valence-corrected chi connectivity index (χ0v) is 6.75. The normalized spacial score (nSPS) is 10.4. The predicted molar refractivity (Wildman–Crippen MR) is 44.0 cm³/mol. The summed E-state index contributed by atoms with van der Waals surface area (Å²) in [6.07, 6.45) is 3.78. The van der Waals surface area contributed by atoms with Gasteiger partial charge >= 0.3 is 0 Å². The molecule has 0 aromatic carbocycles. The van der Waals surface area contributed by atoms with Crippen LogP contribution in [-0.4, -0.2) is 22.6 Å². The number of aryl methyl sites for hydroxylation is 1. The Morgan fingerprint density at radius 2 is 2.55 bits per heavy atom. The Hall–Kier alpha value is -0.870. The molecule has 1 heterocycles. The molecule has 0 bridgehead atoms. The minimum absolute atomic E-state index is 0.673. The highest BCUT2D eigenvalue weighted by molar-refractivity contribution is 4.95. The molecule has 4 heteroatoms. The van der Waals surface area contributed by atoms with E-state index in [0.717, 1.165) is 18.8 Å². The van der Waals surface area contributed by atoms with Gasteiger partial charge in [0.25, 0.3) is 0 Å². The van der Waals surface area contributed by atoms with E-state index in [-0.39, 0.29) is 0 Å². The maximum atomic E-state index is 5.31. The van der Waals surface area contributed by atoms with E-state index in [9.17, 15) is 0 Å². The molecule has 1 rings (SSSR count). The van der Waals surface area contributed by atoms with Gasteiger partial charge in [-0.15, -0.1) is 0 Å². The summed E-state index contributed by atoms with van der Waals surface area (Å²) in [6, 6.07) is 0. The lowest BCUT2D eigenvalue weighted by atomic mass is 10.4. The fraction of sp³-hybridized carbons (Fsp3) is 0.571. The number of rotatable bonds is 4. The molecule has 0 atom stereocenters. The quantitative estimate of drug-likeness (QED) is 0.573. The van der Waals surface area contributed by atoms with Gasteiger partial charge in [0.1, 0.15) is 0 Å². The second-order valence-corrected chi connectivity index (χ2v) is 2.50. The first-order valence-electron chi connectivity index (χ1n) is 3.70. The van der Waals surface area contributed by atoms with Crippen LogP contribution in [0.1, 0.15) is 5.69 Å². The van der Waals surface area contributed by atoms with Crippen LogP contribution in [0.3, 0.4) is 0 Å². The summed E-state index contributed by atoms with van der Waals surface area (Å²) in [7, 11) is 1.96. The fourth-order valence-electron chi connectivity index (χ4n) is 0.877. The van der Waals surface area contributed by atoms with Crippen molar-refractivity contribution in [2.45, 2.75) is 6.54 Å². The lowest BCUT2D eigenvalue weighted by Gasteiger charge is -1.97. The summed E-state index contributed by atoms with van der Waals surface area (Å²) >= 11 is 0. The molecule has 0 amide bonds. The average molecular weight is 154 g/mol. The number of hydrogen-bond donors (Lipinski definition) is 2. The molecule has 62 valence electrons. The molecular formula is C7H14N4. The highest BCUT2D eigenvalue weighted by Crippen LogP contribution is 1.91. The fourth-order valence-corrected chi connectivity index (χ4v) is 0.877. The van der Waals surface area contributed by atoms with Crippen molar-refractivity contribution < 1.29 is 0 Å². The van der Waals surface area contributed by atoms with Crippen molar-refractivity contribution in [3.8, 4) is 0 Å². The average Bonchev–Trinajstić information content (AvgIpc) is 2.37. The van der Waals surface area contributed by atoms with Crippen molar-refractivity contribution in [1.82, 2.24) is 14.9 Å². The van der Waals surface area contributed by atoms with Crippen LogP contribution < -0.4 is 11.1 Å². The van der Waals surface area contributed by atoms with Crippen LogP contribution in [0.2, 0.25) is 0 Å². The second kappa shape index (κ2) is 4.10. The first kappa shape index (κ1) is 8.23. The Morgan fingerprint density at radius 1 is 1.73 bits per heavy atom. The SMILES string of the molecule is Cn1cnc(CNCCN)c1. The van der Waals surface area contributed by atoms with E-state index in [4.69, 9.17) is 5.73 Å². The Labute approximate surface area is 66.4 Å². The molecule has 0 radical (unpaired) electrons. The first-order valence-corrected chi connectivity index (χ1v) is 3.70. The van der Waals surface area contributed by atoms with Gasteiger partial charge in [-0.2, -0.15) is 0 Å². The van der Waals surface area contributed by atoms with Crippen LogP contribution in [0, 0.1) is 0 Å². The minimum Gasteiger partial charge on any atom is -0.340 e. The monoisotopic (exact) mass is 154 g/mol. The molecular weight excluding hydrogens is 140 g/mol. The van der Waals surface area contributed by atoms with Gasteiger partial charge in [-0.1, -0.05) is 0 Å². The van der Waals surface area contributed by atoms with E-state index in [1.165, 1.54) is 0 Å². The number of hydrogen-bond acceptors (Lipinski definition) is 3. The van der Waals surface area contributed by atoms with Crippen LogP contribution >= 0.6 is 0 Å². The smallest absolute Gasteiger partial charge is 0.0947 e. The molecule has 0 aliphatic heterocycles. The van der Waals surface area contributed by atoms with Gasteiger partial charge in [-0.25, -0.2) is 4.98 Å².